The molecular weight excluding hydrogens is 188 g/mol. The standard InChI is InChI=1S/C7H14N4OS/c1-4-10-6(12)5(8-2)11-7(13)9-3/h5H,2,4H2,1,3H3,(H,10,12)(H2,9,11,13). The highest BCUT2D eigenvalue weighted by Gasteiger charge is 2.14. The smallest absolute Gasteiger partial charge is 0.265 e. The molecular formula is C7H14N4OS. The first-order valence-electron chi connectivity index (χ1n) is 3.87. The Hall–Kier alpha value is -1.17. The Morgan fingerprint density at radius 2 is 2.31 bits per heavy atom. The second-order valence-corrected chi connectivity index (χ2v) is 2.61. The third-order valence-corrected chi connectivity index (χ3v) is 1.60. The van der Waals surface area contributed by atoms with Crippen LogP contribution < -0.4 is 16.0 Å². The molecule has 1 atom stereocenters. The predicted octanol–water partition coefficient (Wildman–Crippen LogP) is -0.757. The number of aliphatic imine (C=N–C) groups is 1. The molecule has 0 saturated heterocycles. The van der Waals surface area contributed by atoms with Gasteiger partial charge in [-0.25, -0.2) is 0 Å². The summed E-state index contributed by atoms with van der Waals surface area (Å²) in [5, 5.41) is 8.33. The van der Waals surface area contributed by atoms with Gasteiger partial charge in [0, 0.05) is 13.6 Å². The molecule has 0 aromatic heterocycles. The molecule has 0 aliphatic rings. The number of thiocarbonyl (C=S) groups is 1. The normalized spacial score (nSPS) is 11.2. The Kier molecular flexibility index (Phi) is 5.79. The van der Waals surface area contributed by atoms with Gasteiger partial charge in [-0.15, -0.1) is 0 Å². The number of hydrogen-bond acceptors (Lipinski definition) is 3. The molecule has 3 N–H and O–H groups in total. The second kappa shape index (κ2) is 6.36. The highest BCUT2D eigenvalue weighted by Crippen LogP contribution is 1.84. The zero-order chi connectivity index (χ0) is 10.3. The van der Waals surface area contributed by atoms with Crippen LogP contribution in [-0.4, -0.2) is 37.5 Å². The van der Waals surface area contributed by atoms with E-state index in [9.17, 15) is 4.79 Å². The van der Waals surface area contributed by atoms with Gasteiger partial charge in [0.05, 0.1) is 0 Å². The summed E-state index contributed by atoms with van der Waals surface area (Å²) in [7, 11) is 1.66. The first-order chi connectivity index (χ1) is 6.15. The number of carbonyl (C=O) groups is 1. The monoisotopic (exact) mass is 202 g/mol. The first-order valence-corrected chi connectivity index (χ1v) is 4.28. The van der Waals surface area contributed by atoms with Crippen molar-refractivity contribution in [2.45, 2.75) is 13.1 Å². The summed E-state index contributed by atoms with van der Waals surface area (Å²) in [6.07, 6.45) is -0.722. The maximum Gasteiger partial charge on any atom is 0.265 e. The molecule has 0 fully saturated rings. The Labute approximate surface area is 83.0 Å². The molecule has 0 bridgehead atoms. The van der Waals surface area contributed by atoms with E-state index in [-0.39, 0.29) is 5.91 Å². The summed E-state index contributed by atoms with van der Waals surface area (Å²) < 4.78 is 0. The van der Waals surface area contributed by atoms with Crippen LogP contribution >= 0.6 is 12.2 Å². The van der Waals surface area contributed by atoms with Crippen molar-refractivity contribution in [2.24, 2.45) is 4.99 Å². The van der Waals surface area contributed by atoms with Crippen LogP contribution in [0.3, 0.4) is 0 Å². The molecule has 0 saturated carbocycles. The predicted molar refractivity (Wildman–Crippen MR) is 56.8 cm³/mol. The van der Waals surface area contributed by atoms with Crippen molar-refractivity contribution in [3.63, 3.8) is 0 Å². The van der Waals surface area contributed by atoms with Gasteiger partial charge in [0.25, 0.3) is 5.91 Å². The summed E-state index contributed by atoms with van der Waals surface area (Å²) in [6, 6.07) is 0. The van der Waals surface area contributed by atoms with E-state index in [1.54, 1.807) is 7.05 Å². The third-order valence-electron chi connectivity index (χ3n) is 1.28. The lowest BCUT2D eigenvalue weighted by molar-refractivity contribution is -0.122. The van der Waals surface area contributed by atoms with E-state index in [4.69, 9.17) is 12.2 Å². The SMILES string of the molecule is C=NC(NC(=S)NC)C(=O)NCC. The first kappa shape index (κ1) is 11.8. The van der Waals surface area contributed by atoms with Crippen molar-refractivity contribution in [3.8, 4) is 0 Å². The van der Waals surface area contributed by atoms with Gasteiger partial charge in [-0.1, -0.05) is 0 Å². The molecule has 1 unspecified atom stereocenters. The highest BCUT2D eigenvalue weighted by atomic mass is 32.1. The minimum absolute atomic E-state index is 0.241. The van der Waals surface area contributed by atoms with E-state index in [2.05, 4.69) is 27.7 Å². The van der Waals surface area contributed by atoms with Gasteiger partial charge in [0.1, 0.15) is 0 Å². The zero-order valence-corrected chi connectivity index (χ0v) is 8.57. The Balaban J connectivity index is 4.09. The van der Waals surface area contributed by atoms with Gasteiger partial charge in [0.2, 0.25) is 0 Å². The Morgan fingerprint density at radius 1 is 1.69 bits per heavy atom. The fourth-order valence-electron chi connectivity index (χ4n) is 0.661. The molecule has 0 aliphatic heterocycles. The molecule has 74 valence electrons. The fourth-order valence-corrected chi connectivity index (χ4v) is 0.773. The van der Waals surface area contributed by atoms with E-state index in [1.165, 1.54) is 0 Å². The van der Waals surface area contributed by atoms with Crippen molar-refractivity contribution < 1.29 is 4.79 Å². The number of nitrogens with zero attached hydrogens (tertiary/aromatic N) is 1. The van der Waals surface area contributed by atoms with Crippen molar-refractivity contribution >= 4 is 30.0 Å². The van der Waals surface area contributed by atoms with Gasteiger partial charge in [0.15, 0.2) is 11.3 Å². The molecule has 0 heterocycles. The van der Waals surface area contributed by atoms with Crippen LogP contribution in [0.4, 0.5) is 0 Å². The Morgan fingerprint density at radius 3 is 2.69 bits per heavy atom. The summed E-state index contributed by atoms with van der Waals surface area (Å²) in [5.41, 5.74) is 0. The van der Waals surface area contributed by atoms with Gasteiger partial charge >= 0.3 is 0 Å². The van der Waals surface area contributed by atoms with Crippen LogP contribution in [0.15, 0.2) is 4.99 Å². The number of carbonyl (C=O) groups excluding carboxylic acids is 1. The minimum atomic E-state index is -0.722. The fraction of sp³-hybridized carbons (Fsp3) is 0.571. The second-order valence-electron chi connectivity index (χ2n) is 2.20. The van der Waals surface area contributed by atoms with E-state index in [1.807, 2.05) is 6.92 Å². The maximum atomic E-state index is 11.2. The summed E-state index contributed by atoms with van der Waals surface area (Å²) in [6.45, 7) is 5.67. The van der Waals surface area contributed by atoms with Crippen LogP contribution in [0.1, 0.15) is 6.92 Å². The summed E-state index contributed by atoms with van der Waals surface area (Å²) in [4.78, 5) is 14.8. The van der Waals surface area contributed by atoms with Gasteiger partial charge in [-0.05, 0) is 25.9 Å². The average molecular weight is 202 g/mol. The molecule has 5 nitrogen and oxygen atoms in total. The van der Waals surface area contributed by atoms with Crippen molar-refractivity contribution in [1.82, 2.24) is 16.0 Å². The molecule has 0 rings (SSSR count). The van der Waals surface area contributed by atoms with Gasteiger partial charge in [-0.3, -0.25) is 9.79 Å². The van der Waals surface area contributed by atoms with Crippen LogP contribution in [0.25, 0.3) is 0 Å². The quantitative estimate of drug-likeness (QED) is 0.414. The van der Waals surface area contributed by atoms with E-state index in [0.29, 0.717) is 11.7 Å². The lowest BCUT2D eigenvalue weighted by Crippen LogP contribution is -2.48. The summed E-state index contributed by atoms with van der Waals surface area (Å²) in [5.74, 6) is -0.241. The van der Waals surface area contributed by atoms with E-state index < -0.39 is 6.17 Å². The zero-order valence-electron chi connectivity index (χ0n) is 7.76. The third kappa shape index (κ3) is 4.41. The molecule has 1 amide bonds. The Bertz CT molecular complexity index is 207. The number of rotatable bonds is 4. The lowest BCUT2D eigenvalue weighted by Gasteiger charge is -2.14. The maximum absolute atomic E-state index is 11.2. The van der Waals surface area contributed by atoms with Crippen LogP contribution in [0.2, 0.25) is 0 Å². The molecule has 0 aliphatic carbocycles. The largest absolute Gasteiger partial charge is 0.366 e. The van der Waals surface area contributed by atoms with Crippen molar-refractivity contribution in [1.29, 1.82) is 0 Å². The summed E-state index contributed by atoms with van der Waals surface area (Å²) >= 11 is 4.81. The van der Waals surface area contributed by atoms with Gasteiger partial charge < -0.3 is 16.0 Å². The number of likely N-dealkylation sites (N-methyl/N-ethyl adjacent to an activating group) is 1. The topological polar surface area (TPSA) is 65.5 Å². The van der Waals surface area contributed by atoms with Crippen LogP contribution in [0.5, 0.6) is 0 Å². The van der Waals surface area contributed by atoms with E-state index >= 15 is 0 Å². The van der Waals surface area contributed by atoms with Crippen LogP contribution in [-0.2, 0) is 4.79 Å². The molecule has 13 heavy (non-hydrogen) atoms. The van der Waals surface area contributed by atoms with E-state index in [0.717, 1.165) is 0 Å². The van der Waals surface area contributed by atoms with Gasteiger partial charge in [-0.2, -0.15) is 0 Å². The number of nitrogens with one attached hydrogen (secondary N) is 3. The van der Waals surface area contributed by atoms with Crippen LogP contribution in [0, 0.1) is 0 Å². The molecule has 0 radical (unpaired) electrons. The average Bonchev–Trinajstić information content (AvgIpc) is 2.14. The molecule has 6 heteroatoms. The van der Waals surface area contributed by atoms with Crippen molar-refractivity contribution in [3.05, 3.63) is 0 Å². The van der Waals surface area contributed by atoms with Crippen molar-refractivity contribution in [2.75, 3.05) is 13.6 Å². The minimum Gasteiger partial charge on any atom is -0.366 e. The highest BCUT2D eigenvalue weighted by molar-refractivity contribution is 7.80. The number of hydrogen-bond donors (Lipinski definition) is 3. The molecule has 0 aromatic carbocycles. The lowest BCUT2D eigenvalue weighted by atomic mass is 10.4. The number of amides is 1. The molecule has 0 spiro atoms. The molecule has 0 aromatic rings.